The van der Waals surface area contributed by atoms with Crippen LogP contribution in [0.25, 0.3) is 0 Å². The lowest BCUT2D eigenvalue weighted by atomic mass is 9.99. The van der Waals surface area contributed by atoms with Crippen LogP contribution in [0.15, 0.2) is 10.5 Å². The molecule has 1 aliphatic heterocycles. The lowest BCUT2D eigenvalue weighted by molar-refractivity contribution is 0.203. The number of nitrogens with zero attached hydrogens (tertiary/aromatic N) is 1. The molecule has 2 nitrogen and oxygen atoms in total. The van der Waals surface area contributed by atoms with E-state index >= 15 is 0 Å². The number of piperidine rings is 1. The lowest BCUT2D eigenvalue weighted by Crippen LogP contribution is -2.38. The second-order valence-electron chi connectivity index (χ2n) is 5.28. The second kappa shape index (κ2) is 7.99. The standard InChI is InChI=1S/C14H22BrClN2S/c1-2-6-18(9-11-4-3-5-17-8-11)10-12-7-13(15)14(16)19-12/h7,11,17H,2-6,8-10H2,1H3. The summed E-state index contributed by atoms with van der Waals surface area (Å²) in [5, 5.41) is 3.51. The van der Waals surface area contributed by atoms with Gasteiger partial charge in [0.15, 0.2) is 0 Å². The van der Waals surface area contributed by atoms with Gasteiger partial charge in [0.05, 0.1) is 0 Å². The van der Waals surface area contributed by atoms with Gasteiger partial charge in [0.1, 0.15) is 4.34 Å². The van der Waals surface area contributed by atoms with Crippen molar-refractivity contribution in [2.75, 3.05) is 26.2 Å². The zero-order valence-electron chi connectivity index (χ0n) is 11.4. The predicted octanol–water partition coefficient (Wildman–Crippen LogP) is 4.38. The molecule has 1 aromatic rings. The minimum Gasteiger partial charge on any atom is -0.316 e. The number of halogens is 2. The summed E-state index contributed by atoms with van der Waals surface area (Å²) in [5.41, 5.74) is 0. The van der Waals surface area contributed by atoms with Gasteiger partial charge in [-0.15, -0.1) is 11.3 Å². The molecular weight excluding hydrogens is 344 g/mol. The maximum atomic E-state index is 6.12. The molecule has 1 aliphatic rings. The van der Waals surface area contributed by atoms with Crippen molar-refractivity contribution in [1.29, 1.82) is 0 Å². The first-order chi connectivity index (χ1) is 9.19. The highest BCUT2D eigenvalue weighted by molar-refractivity contribution is 9.10. The SMILES string of the molecule is CCCN(Cc1cc(Br)c(Cl)s1)CC1CCCNC1. The Labute approximate surface area is 133 Å². The van der Waals surface area contributed by atoms with Crippen LogP contribution in [0.1, 0.15) is 31.1 Å². The minimum absolute atomic E-state index is 0.805. The average molecular weight is 366 g/mol. The van der Waals surface area contributed by atoms with Gasteiger partial charge in [0, 0.05) is 22.4 Å². The Hall–Kier alpha value is 0.390. The van der Waals surface area contributed by atoms with Crippen molar-refractivity contribution in [1.82, 2.24) is 10.2 Å². The zero-order valence-corrected chi connectivity index (χ0v) is 14.6. The molecule has 108 valence electrons. The average Bonchev–Trinajstić information content (AvgIpc) is 2.70. The molecule has 1 saturated heterocycles. The number of nitrogens with one attached hydrogen (secondary N) is 1. The lowest BCUT2D eigenvalue weighted by Gasteiger charge is -2.29. The van der Waals surface area contributed by atoms with Gasteiger partial charge < -0.3 is 5.32 Å². The minimum atomic E-state index is 0.805. The van der Waals surface area contributed by atoms with E-state index in [0.29, 0.717) is 0 Å². The molecule has 1 aromatic heterocycles. The fourth-order valence-electron chi connectivity index (χ4n) is 2.69. The van der Waals surface area contributed by atoms with Gasteiger partial charge in [-0.2, -0.15) is 0 Å². The largest absolute Gasteiger partial charge is 0.316 e. The highest BCUT2D eigenvalue weighted by Crippen LogP contribution is 2.32. The van der Waals surface area contributed by atoms with Crippen LogP contribution in [0.2, 0.25) is 4.34 Å². The third kappa shape index (κ3) is 5.01. The van der Waals surface area contributed by atoms with Crippen molar-refractivity contribution >= 4 is 38.9 Å². The van der Waals surface area contributed by atoms with E-state index in [0.717, 1.165) is 21.3 Å². The third-order valence-corrected chi connectivity index (χ3v) is 5.99. The van der Waals surface area contributed by atoms with Crippen molar-refractivity contribution in [3.05, 3.63) is 19.8 Å². The van der Waals surface area contributed by atoms with Crippen molar-refractivity contribution in [2.24, 2.45) is 5.92 Å². The van der Waals surface area contributed by atoms with Gasteiger partial charge >= 0.3 is 0 Å². The number of rotatable bonds is 6. The Morgan fingerprint density at radius 3 is 3.00 bits per heavy atom. The van der Waals surface area contributed by atoms with Crippen LogP contribution in [0.3, 0.4) is 0 Å². The quantitative estimate of drug-likeness (QED) is 0.805. The summed E-state index contributed by atoms with van der Waals surface area (Å²) in [6.45, 7) is 8.02. The van der Waals surface area contributed by atoms with E-state index in [4.69, 9.17) is 11.6 Å². The molecule has 0 bridgehead atoms. The predicted molar refractivity (Wildman–Crippen MR) is 88.2 cm³/mol. The van der Waals surface area contributed by atoms with Crippen LogP contribution in [0.5, 0.6) is 0 Å². The van der Waals surface area contributed by atoms with Gasteiger partial charge in [-0.05, 0) is 66.8 Å². The van der Waals surface area contributed by atoms with Gasteiger partial charge in [0.25, 0.3) is 0 Å². The Morgan fingerprint density at radius 2 is 2.42 bits per heavy atom. The summed E-state index contributed by atoms with van der Waals surface area (Å²) < 4.78 is 1.90. The topological polar surface area (TPSA) is 15.3 Å². The molecule has 5 heteroatoms. The second-order valence-corrected chi connectivity index (χ2v) is 7.88. The molecule has 0 aliphatic carbocycles. The molecule has 2 rings (SSSR count). The summed E-state index contributed by atoms with van der Waals surface area (Å²) in [6, 6.07) is 2.16. The summed E-state index contributed by atoms with van der Waals surface area (Å²) in [4.78, 5) is 3.93. The maximum Gasteiger partial charge on any atom is 0.107 e. The Morgan fingerprint density at radius 1 is 1.58 bits per heavy atom. The molecular formula is C14H22BrClN2S. The number of hydrogen-bond acceptors (Lipinski definition) is 3. The third-order valence-electron chi connectivity index (χ3n) is 3.53. The van der Waals surface area contributed by atoms with E-state index in [9.17, 15) is 0 Å². The highest BCUT2D eigenvalue weighted by atomic mass is 79.9. The molecule has 1 N–H and O–H groups in total. The molecule has 0 aromatic carbocycles. The summed E-state index contributed by atoms with van der Waals surface area (Å²) in [5.74, 6) is 0.805. The van der Waals surface area contributed by atoms with Crippen molar-refractivity contribution in [3.63, 3.8) is 0 Å². The molecule has 0 amide bonds. The summed E-state index contributed by atoms with van der Waals surface area (Å²) in [7, 11) is 0. The highest BCUT2D eigenvalue weighted by Gasteiger charge is 2.17. The van der Waals surface area contributed by atoms with E-state index in [1.165, 1.54) is 50.3 Å². The Bertz CT molecular complexity index is 371. The van der Waals surface area contributed by atoms with E-state index in [1.54, 1.807) is 11.3 Å². The van der Waals surface area contributed by atoms with Crippen LogP contribution in [-0.4, -0.2) is 31.1 Å². The molecule has 1 unspecified atom stereocenters. The van der Waals surface area contributed by atoms with Crippen LogP contribution in [-0.2, 0) is 6.54 Å². The zero-order chi connectivity index (χ0) is 13.7. The van der Waals surface area contributed by atoms with E-state index in [1.807, 2.05) is 0 Å². The Kier molecular flexibility index (Phi) is 6.63. The monoisotopic (exact) mass is 364 g/mol. The smallest absolute Gasteiger partial charge is 0.107 e. The van der Waals surface area contributed by atoms with Crippen LogP contribution in [0, 0.1) is 5.92 Å². The fraction of sp³-hybridized carbons (Fsp3) is 0.714. The van der Waals surface area contributed by atoms with Crippen LogP contribution >= 0.6 is 38.9 Å². The van der Waals surface area contributed by atoms with Crippen molar-refractivity contribution in [2.45, 2.75) is 32.7 Å². The summed E-state index contributed by atoms with van der Waals surface area (Å²) in [6.07, 6.45) is 3.89. The molecule has 0 radical (unpaired) electrons. The molecule has 19 heavy (non-hydrogen) atoms. The number of thiophene rings is 1. The van der Waals surface area contributed by atoms with Crippen LogP contribution < -0.4 is 5.32 Å². The first-order valence-corrected chi connectivity index (χ1v) is 9.04. The van der Waals surface area contributed by atoms with E-state index in [-0.39, 0.29) is 0 Å². The summed E-state index contributed by atoms with van der Waals surface area (Å²) >= 11 is 11.3. The molecule has 1 atom stereocenters. The fourth-order valence-corrected chi connectivity index (χ4v) is 4.52. The van der Waals surface area contributed by atoms with E-state index in [2.05, 4.69) is 39.1 Å². The maximum absolute atomic E-state index is 6.12. The number of hydrogen-bond donors (Lipinski definition) is 1. The van der Waals surface area contributed by atoms with Gasteiger partial charge in [0.2, 0.25) is 0 Å². The molecule has 2 heterocycles. The normalized spacial score (nSPS) is 20.1. The van der Waals surface area contributed by atoms with Gasteiger partial charge in [-0.3, -0.25) is 4.90 Å². The van der Waals surface area contributed by atoms with Crippen molar-refractivity contribution in [3.8, 4) is 0 Å². The molecule has 1 fully saturated rings. The van der Waals surface area contributed by atoms with Gasteiger partial charge in [-0.25, -0.2) is 0 Å². The Balaban J connectivity index is 1.91. The molecule has 0 saturated carbocycles. The first kappa shape index (κ1) is 15.8. The first-order valence-electron chi connectivity index (χ1n) is 7.05. The van der Waals surface area contributed by atoms with Crippen LogP contribution in [0.4, 0.5) is 0 Å². The van der Waals surface area contributed by atoms with E-state index < -0.39 is 0 Å². The van der Waals surface area contributed by atoms with Crippen molar-refractivity contribution < 1.29 is 0 Å². The molecule has 0 spiro atoms. The van der Waals surface area contributed by atoms with Gasteiger partial charge in [-0.1, -0.05) is 18.5 Å².